The fraction of sp³-hybridized carbons (Fsp3) is 0.600. The highest BCUT2D eigenvalue weighted by atomic mass is 16.6. The maximum Gasteiger partial charge on any atom is 0.163 e. The number of benzene rings is 1. The van der Waals surface area contributed by atoms with E-state index < -0.39 is 0 Å². The Morgan fingerprint density at radius 2 is 1.80 bits per heavy atom. The highest BCUT2D eigenvalue weighted by molar-refractivity contribution is 5.73. The summed E-state index contributed by atoms with van der Waals surface area (Å²) in [5, 5.41) is 10.2. The van der Waals surface area contributed by atoms with Crippen molar-refractivity contribution < 1.29 is 14.6 Å². The molecule has 0 saturated heterocycles. The summed E-state index contributed by atoms with van der Waals surface area (Å²) in [6.07, 6.45) is 3.81. The topological polar surface area (TPSA) is 68.0 Å². The van der Waals surface area contributed by atoms with Gasteiger partial charge < -0.3 is 25.2 Å². The fourth-order valence-corrected chi connectivity index (χ4v) is 3.12. The predicted molar refractivity (Wildman–Crippen MR) is 78.5 cm³/mol. The molecule has 110 valence electrons. The number of hydrogen-bond donors (Lipinski definition) is 2. The molecule has 1 aromatic carbocycles. The van der Waals surface area contributed by atoms with Crippen molar-refractivity contribution in [2.24, 2.45) is 0 Å². The van der Waals surface area contributed by atoms with Gasteiger partial charge in [-0.1, -0.05) is 12.8 Å². The highest BCUT2D eigenvalue weighted by Gasteiger charge is 2.28. The van der Waals surface area contributed by atoms with E-state index in [0.717, 1.165) is 37.1 Å². The van der Waals surface area contributed by atoms with Crippen LogP contribution < -0.4 is 20.1 Å². The Labute approximate surface area is 119 Å². The first kappa shape index (κ1) is 13.4. The van der Waals surface area contributed by atoms with Crippen molar-refractivity contribution in [3.63, 3.8) is 0 Å². The van der Waals surface area contributed by atoms with E-state index in [9.17, 15) is 5.11 Å². The maximum absolute atomic E-state index is 10.2. The summed E-state index contributed by atoms with van der Waals surface area (Å²) in [6, 6.07) is 3.86. The lowest BCUT2D eigenvalue weighted by molar-refractivity contribution is 0.106. The summed E-state index contributed by atoms with van der Waals surface area (Å²) >= 11 is 0. The van der Waals surface area contributed by atoms with Crippen molar-refractivity contribution in [1.82, 2.24) is 0 Å². The van der Waals surface area contributed by atoms with Gasteiger partial charge in [-0.25, -0.2) is 0 Å². The van der Waals surface area contributed by atoms with Crippen LogP contribution in [0, 0.1) is 0 Å². The van der Waals surface area contributed by atoms with Gasteiger partial charge in [0, 0.05) is 19.2 Å². The molecule has 1 aliphatic carbocycles. The summed E-state index contributed by atoms with van der Waals surface area (Å²) in [5.74, 6) is 1.44. The van der Waals surface area contributed by atoms with Gasteiger partial charge >= 0.3 is 0 Å². The number of rotatable bonds is 2. The second-order valence-electron chi connectivity index (χ2n) is 5.58. The van der Waals surface area contributed by atoms with Crippen LogP contribution in [0.3, 0.4) is 0 Å². The van der Waals surface area contributed by atoms with Crippen molar-refractivity contribution >= 4 is 11.4 Å². The third-order valence-electron chi connectivity index (χ3n) is 4.26. The highest BCUT2D eigenvalue weighted by Crippen LogP contribution is 2.40. The molecular weight excluding hydrogens is 256 g/mol. The molecule has 1 aliphatic heterocycles. The van der Waals surface area contributed by atoms with Gasteiger partial charge in [0.15, 0.2) is 11.5 Å². The molecule has 2 aliphatic rings. The molecule has 2 atom stereocenters. The average molecular weight is 278 g/mol. The molecule has 1 fully saturated rings. The van der Waals surface area contributed by atoms with Crippen LogP contribution in [0.1, 0.15) is 25.7 Å². The van der Waals surface area contributed by atoms with Gasteiger partial charge in [0.1, 0.15) is 13.2 Å². The van der Waals surface area contributed by atoms with E-state index in [4.69, 9.17) is 15.2 Å². The van der Waals surface area contributed by atoms with E-state index in [1.54, 1.807) is 0 Å². The van der Waals surface area contributed by atoms with Crippen LogP contribution >= 0.6 is 0 Å². The zero-order valence-corrected chi connectivity index (χ0v) is 11.8. The summed E-state index contributed by atoms with van der Waals surface area (Å²) in [7, 11) is 1.99. The largest absolute Gasteiger partial charge is 0.486 e. The summed E-state index contributed by atoms with van der Waals surface area (Å²) < 4.78 is 11.1. The van der Waals surface area contributed by atoms with Crippen molar-refractivity contribution in [1.29, 1.82) is 0 Å². The van der Waals surface area contributed by atoms with Gasteiger partial charge in [-0.05, 0) is 12.8 Å². The fourth-order valence-electron chi connectivity index (χ4n) is 3.12. The van der Waals surface area contributed by atoms with Crippen molar-refractivity contribution in [2.45, 2.75) is 37.8 Å². The first-order valence-electron chi connectivity index (χ1n) is 7.27. The van der Waals surface area contributed by atoms with Gasteiger partial charge in [-0.3, -0.25) is 0 Å². The zero-order valence-electron chi connectivity index (χ0n) is 11.8. The number of anilines is 2. The number of nitrogens with zero attached hydrogens (tertiary/aromatic N) is 1. The lowest BCUT2D eigenvalue weighted by Crippen LogP contribution is -2.43. The van der Waals surface area contributed by atoms with Crippen LogP contribution in [-0.2, 0) is 0 Å². The third kappa shape index (κ3) is 2.38. The van der Waals surface area contributed by atoms with Gasteiger partial charge in [0.2, 0.25) is 0 Å². The number of fused-ring (bicyclic) bond motifs is 1. The Morgan fingerprint density at radius 3 is 2.50 bits per heavy atom. The Bertz CT molecular complexity index is 492. The van der Waals surface area contributed by atoms with Crippen LogP contribution in [0.15, 0.2) is 12.1 Å². The van der Waals surface area contributed by atoms with E-state index in [2.05, 4.69) is 4.90 Å². The number of likely N-dealkylation sites (N-methyl/N-ethyl adjacent to an activating group) is 1. The van der Waals surface area contributed by atoms with Gasteiger partial charge in [-0.15, -0.1) is 0 Å². The van der Waals surface area contributed by atoms with E-state index >= 15 is 0 Å². The molecule has 1 heterocycles. The molecule has 5 nitrogen and oxygen atoms in total. The van der Waals surface area contributed by atoms with Gasteiger partial charge in [0.05, 0.1) is 23.5 Å². The zero-order chi connectivity index (χ0) is 14.1. The summed E-state index contributed by atoms with van der Waals surface area (Å²) in [6.45, 7) is 1.12. The molecule has 3 rings (SSSR count). The second kappa shape index (κ2) is 5.40. The molecular formula is C15H22N2O3. The molecule has 0 radical (unpaired) electrons. The van der Waals surface area contributed by atoms with Crippen LogP contribution in [0.4, 0.5) is 11.4 Å². The molecule has 5 heteroatoms. The number of hydrogen-bond acceptors (Lipinski definition) is 5. The molecule has 1 saturated carbocycles. The number of nitrogen functional groups attached to an aromatic ring is 1. The minimum absolute atomic E-state index is 0.119. The molecule has 2 unspecified atom stereocenters. The quantitative estimate of drug-likeness (QED) is 0.807. The van der Waals surface area contributed by atoms with Gasteiger partial charge in [0.25, 0.3) is 0 Å². The molecule has 3 N–H and O–H groups in total. The molecule has 0 spiro atoms. The first-order chi connectivity index (χ1) is 9.66. The van der Waals surface area contributed by atoms with Crippen LogP contribution in [-0.4, -0.2) is 37.5 Å². The average Bonchev–Trinajstić information content (AvgIpc) is 2.46. The van der Waals surface area contributed by atoms with Crippen LogP contribution in [0.5, 0.6) is 11.5 Å². The van der Waals surface area contributed by atoms with E-state index in [0.29, 0.717) is 24.7 Å². The number of nitrogens with two attached hydrogens (primary N) is 1. The molecule has 0 aromatic heterocycles. The molecule has 0 amide bonds. The second-order valence-corrected chi connectivity index (χ2v) is 5.58. The Kier molecular flexibility index (Phi) is 3.61. The standard InChI is InChI=1S/C15H22N2O3/c1-17(11-4-2-3-5-13(11)18)12-9-15-14(8-10(12)16)19-6-7-20-15/h8-9,11,13,18H,2-7,16H2,1H3. The Hall–Kier alpha value is -1.62. The van der Waals surface area contributed by atoms with Gasteiger partial charge in [-0.2, -0.15) is 0 Å². The third-order valence-corrected chi connectivity index (χ3v) is 4.26. The van der Waals surface area contributed by atoms with Crippen molar-refractivity contribution in [2.75, 3.05) is 30.9 Å². The maximum atomic E-state index is 10.2. The predicted octanol–water partition coefficient (Wildman–Crippen LogP) is 1.78. The Morgan fingerprint density at radius 1 is 1.15 bits per heavy atom. The normalized spacial score (nSPS) is 25.3. The first-order valence-corrected chi connectivity index (χ1v) is 7.27. The van der Waals surface area contributed by atoms with E-state index in [-0.39, 0.29) is 12.1 Å². The summed E-state index contributed by atoms with van der Waals surface area (Å²) in [5.41, 5.74) is 7.70. The minimum atomic E-state index is -0.290. The molecule has 0 bridgehead atoms. The SMILES string of the molecule is CN(c1cc2c(cc1N)OCCO2)C1CCCCC1O. The molecule has 20 heavy (non-hydrogen) atoms. The number of aliphatic hydroxyl groups is 1. The number of aliphatic hydroxyl groups excluding tert-OH is 1. The monoisotopic (exact) mass is 278 g/mol. The number of ether oxygens (including phenoxy) is 2. The smallest absolute Gasteiger partial charge is 0.163 e. The van der Waals surface area contributed by atoms with Crippen molar-refractivity contribution in [3.8, 4) is 11.5 Å². The van der Waals surface area contributed by atoms with Crippen molar-refractivity contribution in [3.05, 3.63) is 12.1 Å². The van der Waals surface area contributed by atoms with Crippen LogP contribution in [0.25, 0.3) is 0 Å². The lowest BCUT2D eigenvalue weighted by Gasteiger charge is -2.37. The minimum Gasteiger partial charge on any atom is -0.486 e. The van der Waals surface area contributed by atoms with E-state index in [1.807, 2.05) is 19.2 Å². The Balaban J connectivity index is 1.88. The molecule has 1 aromatic rings. The lowest BCUT2D eigenvalue weighted by atomic mass is 9.91. The summed E-state index contributed by atoms with van der Waals surface area (Å²) in [4.78, 5) is 2.08. The van der Waals surface area contributed by atoms with E-state index in [1.165, 1.54) is 0 Å². The van der Waals surface area contributed by atoms with Crippen LogP contribution in [0.2, 0.25) is 0 Å².